The van der Waals surface area contributed by atoms with Gasteiger partial charge in [-0.05, 0) is 56.1 Å². The van der Waals surface area contributed by atoms with Crippen molar-refractivity contribution in [3.8, 4) is 0 Å². The molecule has 0 saturated carbocycles. The van der Waals surface area contributed by atoms with Crippen molar-refractivity contribution in [2.24, 2.45) is 0 Å². The lowest BCUT2D eigenvalue weighted by Gasteiger charge is -2.19. The van der Waals surface area contributed by atoms with Crippen LogP contribution in [0, 0.1) is 12.7 Å². The monoisotopic (exact) mass is 306 g/mol. The zero-order valence-corrected chi connectivity index (χ0v) is 13.1. The van der Waals surface area contributed by atoms with E-state index in [1.54, 1.807) is 12.1 Å². The lowest BCUT2D eigenvalue weighted by atomic mass is 10.0. The summed E-state index contributed by atoms with van der Waals surface area (Å²) >= 11 is 5.86. The van der Waals surface area contributed by atoms with E-state index in [1.807, 2.05) is 25.1 Å². The van der Waals surface area contributed by atoms with Crippen molar-refractivity contribution in [3.05, 3.63) is 64.2 Å². The first-order valence-electron chi connectivity index (χ1n) is 7.21. The summed E-state index contributed by atoms with van der Waals surface area (Å²) in [5.74, 6) is -0.382. The SMILES string of the molecule is CCCNC(Cc1ccc(F)c(Cl)c1)c1cccc(C)n1. The second-order valence-electron chi connectivity index (χ2n) is 5.16. The number of aromatic nitrogens is 1. The van der Waals surface area contributed by atoms with Crippen LogP contribution in [0.1, 0.15) is 36.3 Å². The summed E-state index contributed by atoms with van der Waals surface area (Å²) in [4.78, 5) is 4.59. The van der Waals surface area contributed by atoms with Crippen LogP contribution in [-0.2, 0) is 6.42 Å². The van der Waals surface area contributed by atoms with Gasteiger partial charge in [0.05, 0.1) is 16.8 Å². The lowest BCUT2D eigenvalue weighted by molar-refractivity contribution is 0.516. The van der Waals surface area contributed by atoms with Crippen LogP contribution in [0.15, 0.2) is 36.4 Å². The summed E-state index contributed by atoms with van der Waals surface area (Å²) < 4.78 is 13.3. The van der Waals surface area contributed by atoms with E-state index in [0.29, 0.717) is 0 Å². The first-order chi connectivity index (χ1) is 10.1. The largest absolute Gasteiger partial charge is 0.308 e. The standard InChI is InChI=1S/C17H20ClFN2/c1-3-9-20-17(16-6-4-5-12(2)21-16)11-13-7-8-15(19)14(18)10-13/h4-8,10,17,20H,3,9,11H2,1-2H3. The quantitative estimate of drug-likeness (QED) is 0.852. The van der Waals surface area contributed by atoms with Gasteiger partial charge in [-0.2, -0.15) is 0 Å². The van der Waals surface area contributed by atoms with Crippen molar-refractivity contribution in [3.63, 3.8) is 0 Å². The maximum absolute atomic E-state index is 13.3. The molecule has 1 aromatic heterocycles. The lowest BCUT2D eigenvalue weighted by Crippen LogP contribution is -2.25. The van der Waals surface area contributed by atoms with Gasteiger partial charge in [0, 0.05) is 5.69 Å². The molecule has 2 nitrogen and oxygen atoms in total. The van der Waals surface area contributed by atoms with Crippen LogP contribution in [0.4, 0.5) is 4.39 Å². The maximum Gasteiger partial charge on any atom is 0.141 e. The Kier molecular flexibility index (Phi) is 5.71. The number of hydrogen-bond acceptors (Lipinski definition) is 2. The second kappa shape index (κ2) is 7.53. The van der Waals surface area contributed by atoms with Crippen LogP contribution >= 0.6 is 11.6 Å². The average molecular weight is 307 g/mol. The number of pyridine rings is 1. The van der Waals surface area contributed by atoms with E-state index >= 15 is 0 Å². The van der Waals surface area contributed by atoms with E-state index in [0.717, 1.165) is 36.3 Å². The zero-order chi connectivity index (χ0) is 15.2. The third-order valence-electron chi connectivity index (χ3n) is 3.33. The van der Waals surface area contributed by atoms with Crippen LogP contribution in [0.3, 0.4) is 0 Å². The molecule has 4 heteroatoms. The van der Waals surface area contributed by atoms with Crippen LogP contribution in [-0.4, -0.2) is 11.5 Å². The topological polar surface area (TPSA) is 24.9 Å². The molecule has 1 N–H and O–H groups in total. The molecule has 1 heterocycles. The number of nitrogens with one attached hydrogen (secondary N) is 1. The van der Waals surface area contributed by atoms with E-state index in [2.05, 4.69) is 17.2 Å². The van der Waals surface area contributed by atoms with Gasteiger partial charge in [0.2, 0.25) is 0 Å². The molecule has 0 aliphatic heterocycles. The van der Waals surface area contributed by atoms with Crippen LogP contribution in [0.5, 0.6) is 0 Å². The highest BCUT2D eigenvalue weighted by atomic mass is 35.5. The molecule has 0 spiro atoms. The highest BCUT2D eigenvalue weighted by molar-refractivity contribution is 6.30. The van der Waals surface area contributed by atoms with Crippen LogP contribution < -0.4 is 5.32 Å². The molecule has 2 aromatic rings. The van der Waals surface area contributed by atoms with Gasteiger partial charge >= 0.3 is 0 Å². The van der Waals surface area contributed by atoms with Gasteiger partial charge < -0.3 is 5.32 Å². The molecule has 1 unspecified atom stereocenters. The number of nitrogens with zero attached hydrogens (tertiary/aromatic N) is 1. The van der Waals surface area contributed by atoms with Crippen molar-refractivity contribution >= 4 is 11.6 Å². The van der Waals surface area contributed by atoms with E-state index in [-0.39, 0.29) is 16.9 Å². The van der Waals surface area contributed by atoms with Gasteiger partial charge in [0.1, 0.15) is 5.82 Å². The molecule has 1 atom stereocenters. The Morgan fingerprint density at radius 1 is 1.29 bits per heavy atom. The third-order valence-corrected chi connectivity index (χ3v) is 3.62. The molecule has 0 saturated heterocycles. The molecule has 1 aromatic carbocycles. The predicted molar refractivity (Wildman–Crippen MR) is 85.1 cm³/mol. The van der Waals surface area contributed by atoms with Crippen molar-refractivity contribution in [2.75, 3.05) is 6.54 Å². The molecule has 21 heavy (non-hydrogen) atoms. The fourth-order valence-corrected chi connectivity index (χ4v) is 2.46. The molecule has 2 rings (SSSR count). The molecule has 0 fully saturated rings. The number of rotatable bonds is 6. The summed E-state index contributed by atoms with van der Waals surface area (Å²) in [5, 5.41) is 3.66. The summed E-state index contributed by atoms with van der Waals surface area (Å²) in [7, 11) is 0. The minimum Gasteiger partial charge on any atom is -0.308 e. The molecule has 0 bridgehead atoms. The Morgan fingerprint density at radius 3 is 2.76 bits per heavy atom. The molecule has 112 valence electrons. The minimum atomic E-state index is -0.382. The summed E-state index contributed by atoms with van der Waals surface area (Å²) in [6.07, 6.45) is 1.78. The Bertz CT molecular complexity index is 601. The molecular formula is C17H20ClFN2. The number of hydrogen-bond donors (Lipinski definition) is 1. The zero-order valence-electron chi connectivity index (χ0n) is 12.4. The molecule has 0 radical (unpaired) electrons. The van der Waals surface area contributed by atoms with Crippen molar-refractivity contribution < 1.29 is 4.39 Å². The van der Waals surface area contributed by atoms with Crippen molar-refractivity contribution in [1.82, 2.24) is 10.3 Å². The molecule has 0 amide bonds. The summed E-state index contributed by atoms with van der Waals surface area (Å²) in [6, 6.07) is 11.0. The Balaban J connectivity index is 2.21. The van der Waals surface area contributed by atoms with Gasteiger partial charge in [0.15, 0.2) is 0 Å². The third kappa shape index (κ3) is 4.51. The van der Waals surface area contributed by atoms with Gasteiger partial charge in [-0.15, -0.1) is 0 Å². The number of halogens is 2. The fraction of sp³-hybridized carbons (Fsp3) is 0.353. The van der Waals surface area contributed by atoms with Gasteiger partial charge in [-0.25, -0.2) is 4.39 Å². The minimum absolute atomic E-state index is 0.103. The summed E-state index contributed by atoms with van der Waals surface area (Å²) in [6.45, 7) is 5.02. The fourth-order valence-electron chi connectivity index (χ4n) is 2.26. The van der Waals surface area contributed by atoms with Gasteiger partial charge in [0.25, 0.3) is 0 Å². The Hall–Kier alpha value is -1.45. The highest BCUT2D eigenvalue weighted by Gasteiger charge is 2.14. The average Bonchev–Trinajstić information content (AvgIpc) is 2.47. The Labute approximate surface area is 130 Å². The number of aryl methyl sites for hydroxylation is 1. The number of benzene rings is 1. The van der Waals surface area contributed by atoms with Crippen LogP contribution in [0.25, 0.3) is 0 Å². The van der Waals surface area contributed by atoms with E-state index in [1.165, 1.54) is 6.07 Å². The van der Waals surface area contributed by atoms with E-state index in [9.17, 15) is 4.39 Å². The van der Waals surface area contributed by atoms with Crippen molar-refractivity contribution in [2.45, 2.75) is 32.7 Å². The van der Waals surface area contributed by atoms with Crippen LogP contribution in [0.2, 0.25) is 5.02 Å². The highest BCUT2D eigenvalue weighted by Crippen LogP contribution is 2.21. The molecular weight excluding hydrogens is 287 g/mol. The van der Waals surface area contributed by atoms with Crippen molar-refractivity contribution in [1.29, 1.82) is 0 Å². The second-order valence-corrected chi connectivity index (χ2v) is 5.57. The van der Waals surface area contributed by atoms with Gasteiger partial charge in [-0.1, -0.05) is 30.7 Å². The molecule has 0 aliphatic rings. The maximum atomic E-state index is 13.3. The predicted octanol–water partition coefficient (Wildman–Crippen LogP) is 4.47. The Morgan fingerprint density at radius 2 is 2.10 bits per heavy atom. The first kappa shape index (κ1) is 15.9. The smallest absolute Gasteiger partial charge is 0.141 e. The summed E-state index contributed by atoms with van der Waals surface area (Å²) in [5.41, 5.74) is 3.00. The van der Waals surface area contributed by atoms with E-state index in [4.69, 9.17) is 11.6 Å². The van der Waals surface area contributed by atoms with E-state index < -0.39 is 0 Å². The normalized spacial score (nSPS) is 12.4. The first-order valence-corrected chi connectivity index (χ1v) is 7.59. The van der Waals surface area contributed by atoms with Gasteiger partial charge in [-0.3, -0.25) is 4.98 Å². The molecule has 0 aliphatic carbocycles.